The van der Waals surface area contributed by atoms with Crippen LogP contribution in [0.15, 0.2) is 10.7 Å². The Labute approximate surface area is 68.6 Å². The summed E-state index contributed by atoms with van der Waals surface area (Å²) >= 11 is 9.21. The second-order valence-electron chi connectivity index (χ2n) is 2.13. The Bertz CT molecular complexity index is 135. The van der Waals surface area contributed by atoms with Crippen LogP contribution in [0.1, 0.15) is 13.3 Å². The maximum absolute atomic E-state index is 5.88. The summed E-state index contributed by atoms with van der Waals surface area (Å²) in [7, 11) is 0. The van der Waals surface area contributed by atoms with Crippen LogP contribution >= 0.6 is 27.5 Å². The Balaban J connectivity index is 2.53. The molecule has 1 N–H and O–H groups in total. The van der Waals surface area contributed by atoms with Crippen LogP contribution < -0.4 is 5.32 Å². The third-order valence-electron chi connectivity index (χ3n) is 1.48. The van der Waals surface area contributed by atoms with Crippen LogP contribution in [0.5, 0.6) is 0 Å². The molecule has 1 rings (SSSR count). The van der Waals surface area contributed by atoms with Crippen molar-refractivity contribution in [3.05, 3.63) is 10.7 Å². The fourth-order valence-corrected chi connectivity index (χ4v) is 1.97. The first kappa shape index (κ1) is 7.42. The van der Waals surface area contributed by atoms with E-state index in [0.717, 1.165) is 11.0 Å². The molecule has 2 atom stereocenters. The Morgan fingerprint density at radius 3 is 2.78 bits per heavy atom. The monoisotopic (exact) mass is 209 g/mol. The molecule has 0 bridgehead atoms. The van der Waals surface area contributed by atoms with E-state index in [2.05, 4.69) is 34.2 Å². The van der Waals surface area contributed by atoms with Gasteiger partial charge in [0, 0.05) is 5.92 Å². The first-order chi connectivity index (χ1) is 4.24. The highest BCUT2D eigenvalue weighted by Crippen LogP contribution is 2.25. The summed E-state index contributed by atoms with van der Waals surface area (Å²) in [6.07, 6.45) is 3.20. The second kappa shape index (κ2) is 2.93. The zero-order valence-electron chi connectivity index (χ0n) is 5.20. The molecule has 1 nitrogen and oxygen atoms in total. The molecule has 0 amide bonds. The van der Waals surface area contributed by atoms with E-state index < -0.39 is 0 Å². The maximum Gasteiger partial charge on any atom is 0.108 e. The average molecular weight is 211 g/mol. The molecule has 2 unspecified atom stereocenters. The van der Waals surface area contributed by atoms with E-state index in [1.807, 2.05) is 0 Å². The minimum Gasteiger partial charge on any atom is -0.363 e. The van der Waals surface area contributed by atoms with Gasteiger partial charge in [0.2, 0.25) is 0 Å². The van der Waals surface area contributed by atoms with Crippen molar-refractivity contribution in [1.29, 1.82) is 0 Å². The number of rotatable bonds is 1. The number of alkyl halides is 1. The Morgan fingerprint density at radius 1 is 1.89 bits per heavy atom. The third kappa shape index (κ3) is 1.62. The van der Waals surface area contributed by atoms with E-state index >= 15 is 0 Å². The lowest BCUT2D eigenvalue weighted by molar-refractivity contribution is 0.588. The van der Waals surface area contributed by atoms with Gasteiger partial charge in [-0.15, -0.1) is 0 Å². The number of halogens is 2. The normalized spacial score (nSPS) is 33.9. The molecule has 0 aromatic carbocycles. The summed E-state index contributed by atoms with van der Waals surface area (Å²) in [4.78, 5) is 0. The first-order valence-corrected chi connectivity index (χ1v) is 4.25. The molecule has 0 saturated carbocycles. The summed E-state index contributed by atoms with van der Waals surface area (Å²) in [5.74, 6) is 0.487. The predicted molar refractivity (Wildman–Crippen MR) is 43.6 cm³/mol. The van der Waals surface area contributed by atoms with E-state index in [0.29, 0.717) is 5.92 Å². The van der Waals surface area contributed by atoms with Gasteiger partial charge in [-0.25, -0.2) is 0 Å². The minimum atomic E-state index is 0.0874. The molecule has 0 aromatic rings. The lowest BCUT2D eigenvalue weighted by Gasteiger charge is -2.08. The Hall–Kier alpha value is 0.310. The van der Waals surface area contributed by atoms with E-state index in [1.54, 1.807) is 0 Å². The predicted octanol–water partition coefficient (Wildman–Crippen LogP) is 2.42. The third-order valence-corrected chi connectivity index (χ3v) is 2.41. The van der Waals surface area contributed by atoms with Gasteiger partial charge in [-0.1, -0.05) is 18.5 Å². The van der Waals surface area contributed by atoms with Crippen molar-refractivity contribution in [2.45, 2.75) is 18.8 Å². The smallest absolute Gasteiger partial charge is 0.108 e. The SMILES string of the molecule is CCC1C=C(Br)NC1Cl. The van der Waals surface area contributed by atoms with Gasteiger partial charge in [0.1, 0.15) is 5.50 Å². The van der Waals surface area contributed by atoms with Gasteiger partial charge in [-0.3, -0.25) is 0 Å². The summed E-state index contributed by atoms with van der Waals surface area (Å²) in [6.45, 7) is 2.13. The van der Waals surface area contributed by atoms with Gasteiger partial charge in [0.15, 0.2) is 0 Å². The van der Waals surface area contributed by atoms with Crippen molar-refractivity contribution in [2.24, 2.45) is 5.92 Å². The van der Waals surface area contributed by atoms with Gasteiger partial charge in [0.05, 0.1) is 4.61 Å². The maximum atomic E-state index is 5.88. The molecule has 3 heteroatoms. The molecule has 0 spiro atoms. The van der Waals surface area contributed by atoms with Crippen LogP contribution in [0.25, 0.3) is 0 Å². The quantitative estimate of drug-likeness (QED) is 0.518. The average Bonchev–Trinajstić information content (AvgIpc) is 2.10. The number of nitrogens with one attached hydrogen (secondary N) is 1. The Kier molecular flexibility index (Phi) is 2.42. The van der Waals surface area contributed by atoms with Crippen molar-refractivity contribution in [1.82, 2.24) is 5.32 Å². The van der Waals surface area contributed by atoms with Crippen LogP contribution in [0.2, 0.25) is 0 Å². The van der Waals surface area contributed by atoms with Gasteiger partial charge in [-0.2, -0.15) is 0 Å². The zero-order chi connectivity index (χ0) is 6.85. The summed E-state index contributed by atoms with van der Waals surface area (Å²) in [6, 6.07) is 0. The van der Waals surface area contributed by atoms with E-state index in [-0.39, 0.29) is 5.50 Å². The number of hydrogen-bond acceptors (Lipinski definition) is 1. The molecule has 9 heavy (non-hydrogen) atoms. The van der Waals surface area contributed by atoms with Crippen LogP contribution in [0.4, 0.5) is 0 Å². The fraction of sp³-hybridized carbons (Fsp3) is 0.667. The summed E-state index contributed by atoms with van der Waals surface area (Å²) in [5, 5.41) is 3.06. The van der Waals surface area contributed by atoms with Crippen LogP contribution in [0, 0.1) is 5.92 Å². The highest BCUT2D eigenvalue weighted by molar-refractivity contribution is 9.11. The van der Waals surface area contributed by atoms with Crippen molar-refractivity contribution >= 4 is 27.5 Å². The van der Waals surface area contributed by atoms with Crippen molar-refractivity contribution in [3.8, 4) is 0 Å². The van der Waals surface area contributed by atoms with Crippen LogP contribution in [-0.2, 0) is 0 Å². The topological polar surface area (TPSA) is 12.0 Å². The van der Waals surface area contributed by atoms with Crippen LogP contribution in [-0.4, -0.2) is 5.50 Å². The molecule has 0 fully saturated rings. The van der Waals surface area contributed by atoms with E-state index in [4.69, 9.17) is 11.6 Å². The fourth-order valence-electron chi connectivity index (χ4n) is 0.884. The summed E-state index contributed by atoms with van der Waals surface area (Å²) < 4.78 is 1.02. The van der Waals surface area contributed by atoms with Gasteiger partial charge < -0.3 is 5.32 Å². The van der Waals surface area contributed by atoms with Crippen molar-refractivity contribution in [3.63, 3.8) is 0 Å². The Morgan fingerprint density at radius 2 is 2.56 bits per heavy atom. The standard InChI is InChI=1S/C6H9BrClN/c1-2-4-3-5(7)9-6(4)8/h3-4,6,9H,2H2,1H3. The van der Waals surface area contributed by atoms with Gasteiger partial charge >= 0.3 is 0 Å². The van der Waals surface area contributed by atoms with Crippen molar-refractivity contribution < 1.29 is 0 Å². The lowest BCUT2D eigenvalue weighted by atomic mass is 10.1. The first-order valence-electron chi connectivity index (χ1n) is 3.02. The van der Waals surface area contributed by atoms with Crippen LogP contribution in [0.3, 0.4) is 0 Å². The van der Waals surface area contributed by atoms with Crippen molar-refractivity contribution in [2.75, 3.05) is 0 Å². The molecule has 0 aromatic heterocycles. The second-order valence-corrected chi connectivity index (χ2v) is 3.46. The van der Waals surface area contributed by atoms with Gasteiger partial charge in [-0.05, 0) is 28.4 Å². The molecular formula is C6H9BrClN. The molecule has 0 aliphatic carbocycles. The summed E-state index contributed by atoms with van der Waals surface area (Å²) in [5.41, 5.74) is 0.0874. The molecule has 1 heterocycles. The molecule has 0 saturated heterocycles. The minimum absolute atomic E-state index is 0.0874. The largest absolute Gasteiger partial charge is 0.363 e. The highest BCUT2D eigenvalue weighted by atomic mass is 79.9. The van der Waals surface area contributed by atoms with Gasteiger partial charge in [0.25, 0.3) is 0 Å². The molecular weight excluding hydrogens is 201 g/mol. The van der Waals surface area contributed by atoms with E-state index in [9.17, 15) is 0 Å². The van der Waals surface area contributed by atoms with E-state index in [1.165, 1.54) is 0 Å². The lowest BCUT2D eigenvalue weighted by Crippen LogP contribution is -2.20. The molecule has 1 aliphatic heterocycles. The zero-order valence-corrected chi connectivity index (χ0v) is 7.54. The molecule has 52 valence electrons. The molecule has 0 radical (unpaired) electrons. The highest BCUT2D eigenvalue weighted by Gasteiger charge is 2.21. The number of hydrogen-bond donors (Lipinski definition) is 1. The molecule has 1 aliphatic rings.